The summed E-state index contributed by atoms with van der Waals surface area (Å²) in [6.45, 7) is 5.19. The average Bonchev–Trinajstić information content (AvgIpc) is 2.71. The fourth-order valence-corrected chi connectivity index (χ4v) is 4.04. The van der Waals surface area contributed by atoms with Gasteiger partial charge in [-0.15, -0.1) is 0 Å². The molecule has 0 unspecified atom stereocenters. The first-order valence-corrected chi connectivity index (χ1v) is 10.3. The van der Waals surface area contributed by atoms with Crippen molar-refractivity contribution in [2.24, 2.45) is 0 Å². The summed E-state index contributed by atoms with van der Waals surface area (Å²) >= 11 is 1.46. The van der Waals surface area contributed by atoms with Crippen LogP contribution in [0.5, 0.6) is 11.5 Å². The van der Waals surface area contributed by atoms with Crippen molar-refractivity contribution in [2.45, 2.75) is 25.3 Å². The second-order valence-electron chi connectivity index (χ2n) is 6.65. The molecule has 0 bridgehead atoms. The van der Waals surface area contributed by atoms with E-state index in [1.165, 1.54) is 11.8 Å². The number of carbonyl (C=O) groups excluding carboxylic acids is 1. The molecule has 0 radical (unpaired) electrons. The highest BCUT2D eigenvalue weighted by atomic mass is 32.2. The smallest absolute Gasteiger partial charge is 0.234 e. The van der Waals surface area contributed by atoms with Gasteiger partial charge in [0.25, 0.3) is 0 Å². The molecule has 0 saturated heterocycles. The van der Waals surface area contributed by atoms with Gasteiger partial charge in [0.1, 0.15) is 18.2 Å². The Hall–Kier alpha value is -2.73. The summed E-state index contributed by atoms with van der Waals surface area (Å²) in [5, 5.41) is 4.88. The number of hydrogen-bond donors (Lipinski definition) is 1. The monoisotopic (exact) mass is 394 g/mol. The second-order valence-corrected chi connectivity index (χ2v) is 7.61. The maximum absolute atomic E-state index is 12.4. The van der Waals surface area contributed by atoms with Gasteiger partial charge in [0.05, 0.1) is 11.3 Å². The van der Waals surface area contributed by atoms with Gasteiger partial charge in [-0.1, -0.05) is 36.9 Å². The standard InChI is InChI=1S/C22H22N2O3S/c1-3-15-10-16-11-19-20(27-9-8-26-19)12-18(16)24-22(15)28-13-21(25)23-17-7-5-4-6-14(17)2/h4-7,10-12H,3,8-9,13H2,1-2H3,(H,23,25). The lowest BCUT2D eigenvalue weighted by atomic mass is 10.1. The molecule has 6 heteroatoms. The van der Waals surface area contributed by atoms with Crippen LogP contribution in [0.1, 0.15) is 18.1 Å². The fraction of sp³-hybridized carbons (Fsp3) is 0.273. The van der Waals surface area contributed by atoms with Gasteiger partial charge in [-0.2, -0.15) is 0 Å². The largest absolute Gasteiger partial charge is 0.486 e. The van der Waals surface area contributed by atoms with Gasteiger partial charge in [0.15, 0.2) is 11.5 Å². The molecule has 0 fully saturated rings. The van der Waals surface area contributed by atoms with Crippen molar-refractivity contribution in [3.05, 3.63) is 53.6 Å². The average molecular weight is 394 g/mol. The van der Waals surface area contributed by atoms with E-state index in [1.54, 1.807) is 0 Å². The molecule has 1 aliphatic heterocycles. The number of aromatic nitrogens is 1. The van der Waals surface area contributed by atoms with E-state index in [4.69, 9.17) is 14.5 Å². The van der Waals surface area contributed by atoms with Crippen LogP contribution in [0.2, 0.25) is 0 Å². The number of thioether (sulfide) groups is 1. The zero-order valence-electron chi connectivity index (χ0n) is 16.0. The van der Waals surface area contributed by atoms with Gasteiger partial charge in [-0.05, 0) is 42.7 Å². The molecular weight excluding hydrogens is 372 g/mol. The van der Waals surface area contributed by atoms with Gasteiger partial charge in [0, 0.05) is 17.1 Å². The van der Waals surface area contributed by atoms with E-state index in [-0.39, 0.29) is 5.91 Å². The van der Waals surface area contributed by atoms with Gasteiger partial charge in [0.2, 0.25) is 5.91 Å². The highest BCUT2D eigenvalue weighted by Crippen LogP contribution is 2.36. The summed E-state index contributed by atoms with van der Waals surface area (Å²) in [4.78, 5) is 17.2. The number of nitrogens with one attached hydrogen (secondary N) is 1. The number of ether oxygens (including phenoxy) is 2. The molecule has 0 spiro atoms. The minimum Gasteiger partial charge on any atom is -0.486 e. The first-order chi connectivity index (χ1) is 13.6. The predicted octanol–water partition coefficient (Wildman–Crippen LogP) is 4.61. The predicted molar refractivity (Wildman–Crippen MR) is 113 cm³/mol. The highest BCUT2D eigenvalue weighted by Gasteiger charge is 2.16. The van der Waals surface area contributed by atoms with E-state index in [9.17, 15) is 4.79 Å². The third-order valence-corrected chi connectivity index (χ3v) is 5.69. The first-order valence-electron chi connectivity index (χ1n) is 9.35. The number of amides is 1. The molecule has 5 nitrogen and oxygen atoms in total. The molecule has 1 aromatic heterocycles. The Morgan fingerprint density at radius 1 is 1.14 bits per heavy atom. The molecule has 1 amide bonds. The van der Waals surface area contributed by atoms with E-state index in [2.05, 4.69) is 18.3 Å². The fourth-order valence-electron chi connectivity index (χ4n) is 3.15. The van der Waals surface area contributed by atoms with Crippen molar-refractivity contribution < 1.29 is 14.3 Å². The van der Waals surface area contributed by atoms with Crippen molar-refractivity contribution >= 4 is 34.3 Å². The van der Waals surface area contributed by atoms with E-state index >= 15 is 0 Å². The Labute approximate surface area is 168 Å². The summed E-state index contributed by atoms with van der Waals surface area (Å²) in [6.07, 6.45) is 0.846. The number of aryl methyl sites for hydroxylation is 2. The lowest BCUT2D eigenvalue weighted by Crippen LogP contribution is -2.15. The molecule has 2 aromatic carbocycles. The zero-order chi connectivity index (χ0) is 19.5. The van der Waals surface area contributed by atoms with Crippen LogP contribution < -0.4 is 14.8 Å². The topological polar surface area (TPSA) is 60.5 Å². The molecule has 1 aliphatic rings. The van der Waals surface area contributed by atoms with Crippen LogP contribution in [-0.2, 0) is 11.2 Å². The molecule has 0 aliphatic carbocycles. The number of para-hydroxylation sites is 1. The van der Waals surface area contributed by atoms with Gasteiger partial charge in [-0.25, -0.2) is 4.98 Å². The van der Waals surface area contributed by atoms with Gasteiger partial charge < -0.3 is 14.8 Å². The van der Waals surface area contributed by atoms with Crippen LogP contribution in [-0.4, -0.2) is 29.9 Å². The van der Waals surface area contributed by atoms with Crippen molar-refractivity contribution in [1.29, 1.82) is 0 Å². The Balaban J connectivity index is 1.54. The van der Waals surface area contributed by atoms with Crippen LogP contribution >= 0.6 is 11.8 Å². The number of benzene rings is 2. The lowest BCUT2D eigenvalue weighted by Gasteiger charge is -2.19. The molecule has 2 heterocycles. The summed E-state index contributed by atoms with van der Waals surface area (Å²) < 4.78 is 11.3. The molecule has 0 atom stereocenters. The van der Waals surface area contributed by atoms with Crippen LogP contribution in [0.25, 0.3) is 10.9 Å². The maximum atomic E-state index is 12.4. The number of rotatable bonds is 5. The number of carbonyl (C=O) groups is 1. The Morgan fingerprint density at radius 3 is 2.64 bits per heavy atom. The van der Waals surface area contributed by atoms with Crippen molar-refractivity contribution in [2.75, 3.05) is 24.3 Å². The quantitative estimate of drug-likeness (QED) is 0.641. The number of hydrogen-bond acceptors (Lipinski definition) is 5. The molecule has 4 rings (SSSR count). The summed E-state index contributed by atoms with van der Waals surface area (Å²) in [7, 11) is 0. The minimum absolute atomic E-state index is 0.0366. The minimum atomic E-state index is -0.0366. The molecule has 144 valence electrons. The number of pyridine rings is 1. The summed E-state index contributed by atoms with van der Waals surface area (Å²) in [6, 6.07) is 13.8. The Morgan fingerprint density at radius 2 is 1.89 bits per heavy atom. The number of anilines is 1. The van der Waals surface area contributed by atoms with Crippen molar-refractivity contribution in [1.82, 2.24) is 4.98 Å². The van der Waals surface area contributed by atoms with Crippen LogP contribution in [0.15, 0.2) is 47.5 Å². The second kappa shape index (κ2) is 8.10. The van der Waals surface area contributed by atoms with Crippen LogP contribution in [0, 0.1) is 6.92 Å². The van der Waals surface area contributed by atoms with Crippen molar-refractivity contribution in [3.8, 4) is 11.5 Å². The first kappa shape index (κ1) is 18.6. The Kier molecular flexibility index (Phi) is 5.39. The summed E-state index contributed by atoms with van der Waals surface area (Å²) in [5.41, 5.74) is 3.87. The van der Waals surface area contributed by atoms with E-state index in [0.717, 1.165) is 50.7 Å². The van der Waals surface area contributed by atoms with Gasteiger partial charge >= 0.3 is 0 Å². The molecule has 28 heavy (non-hydrogen) atoms. The third kappa shape index (κ3) is 3.92. The molecule has 1 N–H and O–H groups in total. The number of nitrogens with zero attached hydrogens (tertiary/aromatic N) is 1. The van der Waals surface area contributed by atoms with E-state index in [1.807, 2.05) is 43.3 Å². The molecule has 0 saturated carbocycles. The van der Waals surface area contributed by atoms with E-state index < -0.39 is 0 Å². The SMILES string of the molecule is CCc1cc2cc3c(cc2nc1SCC(=O)Nc1ccccc1C)OCCO3. The Bertz CT molecular complexity index is 1040. The highest BCUT2D eigenvalue weighted by molar-refractivity contribution is 8.00. The lowest BCUT2D eigenvalue weighted by molar-refractivity contribution is -0.113. The zero-order valence-corrected chi connectivity index (χ0v) is 16.8. The number of fused-ring (bicyclic) bond motifs is 2. The molecule has 3 aromatic rings. The van der Waals surface area contributed by atoms with Crippen molar-refractivity contribution in [3.63, 3.8) is 0 Å². The third-order valence-electron chi connectivity index (χ3n) is 4.66. The maximum Gasteiger partial charge on any atom is 0.234 e. The molecular formula is C22H22N2O3S. The normalized spacial score (nSPS) is 12.8. The van der Waals surface area contributed by atoms with Crippen LogP contribution in [0.3, 0.4) is 0 Å². The van der Waals surface area contributed by atoms with Gasteiger partial charge in [-0.3, -0.25) is 4.79 Å². The van der Waals surface area contributed by atoms with E-state index in [0.29, 0.717) is 19.0 Å². The van der Waals surface area contributed by atoms with Crippen LogP contribution in [0.4, 0.5) is 5.69 Å². The summed E-state index contributed by atoms with van der Waals surface area (Å²) in [5.74, 6) is 1.76.